The zero-order valence-corrected chi connectivity index (χ0v) is 13.0. The molecule has 0 aromatic carbocycles. The molecule has 1 amide bonds. The van der Waals surface area contributed by atoms with Gasteiger partial charge in [-0.25, -0.2) is 18.4 Å². The summed E-state index contributed by atoms with van der Waals surface area (Å²) in [5.74, 6) is -1.32. The number of sulfonamides is 1. The van der Waals surface area contributed by atoms with Gasteiger partial charge in [-0.2, -0.15) is 5.26 Å². The highest BCUT2D eigenvalue weighted by Crippen LogP contribution is 2.12. The summed E-state index contributed by atoms with van der Waals surface area (Å²) in [5.41, 5.74) is -0.0449. The van der Waals surface area contributed by atoms with Gasteiger partial charge >= 0.3 is 5.97 Å². The maximum absolute atomic E-state index is 11.8. The van der Waals surface area contributed by atoms with Crippen LogP contribution in [0.5, 0.6) is 0 Å². The summed E-state index contributed by atoms with van der Waals surface area (Å²) in [7, 11) is -0.996. The van der Waals surface area contributed by atoms with E-state index in [0.29, 0.717) is 0 Å². The summed E-state index contributed by atoms with van der Waals surface area (Å²) >= 11 is 0. The van der Waals surface area contributed by atoms with Gasteiger partial charge in [-0.3, -0.25) is 4.79 Å². The van der Waals surface area contributed by atoms with Crippen LogP contribution in [-0.4, -0.2) is 50.0 Å². The molecule has 2 N–H and O–H groups in total. The Bertz CT molecular complexity index is 716. The lowest BCUT2D eigenvalue weighted by Gasteiger charge is -2.15. The van der Waals surface area contributed by atoms with Crippen molar-refractivity contribution < 1.29 is 22.7 Å². The van der Waals surface area contributed by atoms with E-state index >= 15 is 0 Å². The summed E-state index contributed by atoms with van der Waals surface area (Å²) in [6.07, 6.45) is 1.35. The van der Waals surface area contributed by atoms with E-state index < -0.39 is 28.5 Å². The van der Waals surface area contributed by atoms with Crippen LogP contribution in [0.1, 0.15) is 16.9 Å². The lowest BCUT2D eigenvalue weighted by atomic mass is 10.4. The minimum atomic E-state index is -3.93. The standard InChI is InChI=1S/C12H16N4O5S/c1-15(5-3-4-13)11(17)8-21-12(18)10-6-9(7-16(10)2)22(14,19)20/h6-7H,3,5,8H2,1-2H3,(H2,14,19,20). The maximum Gasteiger partial charge on any atom is 0.355 e. The number of nitriles is 1. The molecular weight excluding hydrogens is 312 g/mol. The molecule has 0 aliphatic carbocycles. The third-order valence-electron chi connectivity index (χ3n) is 2.83. The molecule has 0 saturated carbocycles. The summed E-state index contributed by atoms with van der Waals surface area (Å²) in [6, 6.07) is 2.97. The second-order valence-electron chi connectivity index (χ2n) is 4.52. The first-order valence-corrected chi connectivity index (χ1v) is 7.68. The fourth-order valence-electron chi connectivity index (χ4n) is 1.55. The molecule has 0 aliphatic heterocycles. The third-order valence-corrected chi connectivity index (χ3v) is 3.71. The molecule has 120 valence electrons. The number of rotatable bonds is 6. The molecule has 22 heavy (non-hydrogen) atoms. The topological polar surface area (TPSA) is 135 Å². The van der Waals surface area contributed by atoms with E-state index in [1.807, 2.05) is 6.07 Å². The van der Waals surface area contributed by atoms with Crippen molar-refractivity contribution in [2.75, 3.05) is 20.2 Å². The van der Waals surface area contributed by atoms with Crippen molar-refractivity contribution in [1.29, 1.82) is 5.26 Å². The van der Waals surface area contributed by atoms with Crippen molar-refractivity contribution in [3.63, 3.8) is 0 Å². The van der Waals surface area contributed by atoms with Crippen LogP contribution in [0.25, 0.3) is 0 Å². The Hall–Kier alpha value is -2.38. The molecule has 0 saturated heterocycles. The summed E-state index contributed by atoms with van der Waals surface area (Å²) in [6.45, 7) is -0.275. The second kappa shape index (κ2) is 7.06. The van der Waals surface area contributed by atoms with E-state index in [9.17, 15) is 18.0 Å². The van der Waals surface area contributed by atoms with Crippen LogP contribution in [-0.2, 0) is 26.6 Å². The van der Waals surface area contributed by atoms with Crippen LogP contribution in [0.3, 0.4) is 0 Å². The molecule has 0 unspecified atom stereocenters. The number of aromatic nitrogens is 1. The average Bonchev–Trinajstić information content (AvgIpc) is 2.83. The van der Waals surface area contributed by atoms with Crippen LogP contribution in [0.2, 0.25) is 0 Å². The van der Waals surface area contributed by atoms with E-state index in [1.165, 1.54) is 29.8 Å². The second-order valence-corrected chi connectivity index (χ2v) is 6.08. The summed E-state index contributed by atoms with van der Waals surface area (Å²) in [4.78, 5) is 24.5. The maximum atomic E-state index is 11.8. The van der Waals surface area contributed by atoms with Gasteiger partial charge in [-0.05, 0) is 6.07 Å². The minimum Gasteiger partial charge on any atom is -0.451 e. The first-order chi connectivity index (χ1) is 10.2. The molecule has 1 heterocycles. The Balaban J connectivity index is 2.69. The number of esters is 1. The van der Waals surface area contributed by atoms with Crippen molar-refractivity contribution in [3.8, 4) is 6.07 Å². The van der Waals surface area contributed by atoms with Gasteiger partial charge in [-0.15, -0.1) is 0 Å². The molecule has 0 radical (unpaired) electrons. The molecule has 1 rings (SSSR count). The van der Waals surface area contributed by atoms with E-state index in [2.05, 4.69) is 0 Å². The normalized spacial score (nSPS) is 10.8. The van der Waals surface area contributed by atoms with Gasteiger partial charge in [0.2, 0.25) is 10.0 Å². The first kappa shape index (κ1) is 17.7. The number of hydrogen-bond acceptors (Lipinski definition) is 6. The average molecular weight is 328 g/mol. The Morgan fingerprint density at radius 2 is 2.14 bits per heavy atom. The molecule has 1 aromatic rings. The Kier molecular flexibility index (Phi) is 5.67. The van der Waals surface area contributed by atoms with Crippen molar-refractivity contribution >= 4 is 21.9 Å². The van der Waals surface area contributed by atoms with Crippen molar-refractivity contribution in [2.24, 2.45) is 12.2 Å². The summed E-state index contributed by atoms with van der Waals surface area (Å²) < 4.78 is 28.5. The lowest BCUT2D eigenvalue weighted by Crippen LogP contribution is -2.32. The number of carbonyl (C=O) groups is 2. The van der Waals surface area contributed by atoms with Gasteiger partial charge in [0.15, 0.2) is 6.61 Å². The molecule has 0 spiro atoms. The van der Waals surface area contributed by atoms with Gasteiger partial charge in [-0.1, -0.05) is 0 Å². The Morgan fingerprint density at radius 1 is 1.50 bits per heavy atom. The molecule has 10 heteroatoms. The van der Waals surface area contributed by atoms with Crippen LogP contribution in [0.15, 0.2) is 17.2 Å². The lowest BCUT2D eigenvalue weighted by molar-refractivity contribution is -0.133. The molecule has 0 bridgehead atoms. The van der Waals surface area contributed by atoms with Gasteiger partial charge in [0.05, 0.1) is 12.5 Å². The number of primary sulfonamides is 1. The minimum absolute atomic E-state index is 0.0449. The summed E-state index contributed by atoms with van der Waals surface area (Å²) in [5, 5.41) is 13.4. The third kappa shape index (κ3) is 4.57. The van der Waals surface area contributed by atoms with Crippen molar-refractivity contribution in [3.05, 3.63) is 18.0 Å². The molecule has 0 atom stereocenters. The largest absolute Gasteiger partial charge is 0.451 e. The number of aryl methyl sites for hydroxylation is 1. The predicted octanol–water partition coefficient (Wildman–Crippen LogP) is -0.799. The van der Waals surface area contributed by atoms with Gasteiger partial charge in [0.1, 0.15) is 10.6 Å². The van der Waals surface area contributed by atoms with E-state index in [0.717, 1.165) is 6.07 Å². The van der Waals surface area contributed by atoms with Crippen molar-refractivity contribution in [2.45, 2.75) is 11.3 Å². The number of carbonyl (C=O) groups excluding carboxylic acids is 2. The molecule has 0 fully saturated rings. The predicted molar refractivity (Wildman–Crippen MR) is 74.9 cm³/mol. The quantitative estimate of drug-likeness (QED) is 0.679. The zero-order chi connectivity index (χ0) is 16.9. The molecule has 9 nitrogen and oxygen atoms in total. The zero-order valence-electron chi connectivity index (χ0n) is 12.1. The number of ether oxygens (including phenoxy) is 1. The fraction of sp³-hybridized carbons (Fsp3) is 0.417. The van der Waals surface area contributed by atoms with Gasteiger partial charge in [0, 0.05) is 26.8 Å². The van der Waals surface area contributed by atoms with Crippen LogP contribution in [0.4, 0.5) is 0 Å². The SMILES string of the molecule is CN(CCC#N)C(=O)COC(=O)c1cc(S(N)(=O)=O)cn1C. The highest BCUT2D eigenvalue weighted by atomic mass is 32.2. The van der Waals surface area contributed by atoms with E-state index in [-0.39, 0.29) is 23.6 Å². The Morgan fingerprint density at radius 3 is 2.64 bits per heavy atom. The number of hydrogen-bond donors (Lipinski definition) is 1. The Labute approximate surface area is 127 Å². The number of likely N-dealkylation sites (N-methyl/N-ethyl adjacent to an activating group) is 1. The highest BCUT2D eigenvalue weighted by molar-refractivity contribution is 7.89. The molecule has 1 aromatic heterocycles. The first-order valence-electron chi connectivity index (χ1n) is 6.14. The molecule has 0 aliphatic rings. The van der Waals surface area contributed by atoms with Crippen LogP contribution < -0.4 is 5.14 Å². The smallest absolute Gasteiger partial charge is 0.355 e. The van der Waals surface area contributed by atoms with Crippen LogP contribution >= 0.6 is 0 Å². The number of amides is 1. The van der Waals surface area contributed by atoms with Gasteiger partial charge in [0.25, 0.3) is 5.91 Å². The number of nitrogens with two attached hydrogens (primary N) is 1. The van der Waals surface area contributed by atoms with E-state index in [4.69, 9.17) is 15.1 Å². The fourth-order valence-corrected chi connectivity index (χ4v) is 2.13. The number of nitrogens with zero attached hydrogens (tertiary/aromatic N) is 3. The van der Waals surface area contributed by atoms with Crippen LogP contribution in [0, 0.1) is 11.3 Å². The van der Waals surface area contributed by atoms with E-state index in [1.54, 1.807) is 0 Å². The monoisotopic (exact) mass is 328 g/mol. The molecular formula is C12H16N4O5S. The van der Waals surface area contributed by atoms with Gasteiger partial charge < -0.3 is 14.2 Å². The van der Waals surface area contributed by atoms with Crippen molar-refractivity contribution in [1.82, 2.24) is 9.47 Å². The highest BCUT2D eigenvalue weighted by Gasteiger charge is 2.20.